The van der Waals surface area contributed by atoms with Crippen molar-refractivity contribution in [2.45, 2.75) is 78.4 Å². The Kier molecular flexibility index (Phi) is 6.90. The Labute approximate surface area is 142 Å². The number of carbonyl (C=O) groups is 1. The van der Waals surface area contributed by atoms with Crippen LogP contribution in [0.15, 0.2) is 0 Å². The molecule has 3 atom stereocenters. The highest BCUT2D eigenvalue weighted by Crippen LogP contribution is 2.34. The van der Waals surface area contributed by atoms with Crippen molar-refractivity contribution in [3.8, 4) is 0 Å². The van der Waals surface area contributed by atoms with Gasteiger partial charge in [0, 0.05) is 44.6 Å². The SMILES string of the molecule is C[C@@H](CC(=O)N1CCCCCC1)NC[C@H]1CCO[C@@H]1C(C)(C)C. The topological polar surface area (TPSA) is 41.6 Å². The lowest BCUT2D eigenvalue weighted by molar-refractivity contribution is -0.131. The number of rotatable bonds is 5. The summed E-state index contributed by atoms with van der Waals surface area (Å²) in [5.41, 5.74) is 0.188. The van der Waals surface area contributed by atoms with Crippen molar-refractivity contribution in [3.05, 3.63) is 0 Å². The van der Waals surface area contributed by atoms with Crippen molar-refractivity contribution in [3.63, 3.8) is 0 Å². The van der Waals surface area contributed by atoms with Crippen LogP contribution >= 0.6 is 0 Å². The average molecular weight is 325 g/mol. The van der Waals surface area contributed by atoms with Crippen LogP contribution in [0.4, 0.5) is 0 Å². The molecule has 2 fully saturated rings. The molecule has 0 aromatic heterocycles. The van der Waals surface area contributed by atoms with Gasteiger partial charge in [-0.3, -0.25) is 4.79 Å². The molecule has 1 N–H and O–H groups in total. The van der Waals surface area contributed by atoms with E-state index in [1.807, 2.05) is 0 Å². The monoisotopic (exact) mass is 324 g/mol. The minimum absolute atomic E-state index is 0.188. The van der Waals surface area contributed by atoms with Crippen LogP contribution in [-0.2, 0) is 9.53 Å². The van der Waals surface area contributed by atoms with Crippen LogP contribution in [0, 0.1) is 11.3 Å². The zero-order valence-electron chi connectivity index (χ0n) is 15.6. The lowest BCUT2D eigenvalue weighted by Crippen LogP contribution is -2.42. The molecule has 2 aliphatic rings. The van der Waals surface area contributed by atoms with E-state index in [0.717, 1.165) is 32.7 Å². The molecule has 2 heterocycles. The molecule has 4 nitrogen and oxygen atoms in total. The Morgan fingerprint density at radius 2 is 1.87 bits per heavy atom. The number of likely N-dealkylation sites (tertiary alicyclic amines) is 1. The highest BCUT2D eigenvalue weighted by Gasteiger charge is 2.37. The number of hydrogen-bond acceptors (Lipinski definition) is 3. The zero-order valence-corrected chi connectivity index (χ0v) is 15.6. The molecule has 0 radical (unpaired) electrons. The zero-order chi connectivity index (χ0) is 16.9. The van der Waals surface area contributed by atoms with Crippen LogP contribution < -0.4 is 5.32 Å². The Bertz CT molecular complexity index is 370. The molecule has 0 aliphatic carbocycles. The first kappa shape index (κ1) is 18.7. The van der Waals surface area contributed by atoms with Gasteiger partial charge in [0.05, 0.1) is 6.10 Å². The number of nitrogens with zero attached hydrogens (tertiary/aromatic N) is 1. The molecule has 2 aliphatic heterocycles. The van der Waals surface area contributed by atoms with Gasteiger partial charge in [-0.25, -0.2) is 0 Å². The van der Waals surface area contributed by atoms with E-state index in [2.05, 4.69) is 37.9 Å². The van der Waals surface area contributed by atoms with Crippen molar-refractivity contribution < 1.29 is 9.53 Å². The number of carbonyl (C=O) groups excluding carboxylic acids is 1. The highest BCUT2D eigenvalue weighted by molar-refractivity contribution is 5.76. The fraction of sp³-hybridized carbons (Fsp3) is 0.947. The summed E-state index contributed by atoms with van der Waals surface area (Å²) in [5.74, 6) is 0.882. The average Bonchev–Trinajstić information content (AvgIpc) is 2.79. The van der Waals surface area contributed by atoms with Gasteiger partial charge in [-0.1, -0.05) is 33.6 Å². The Morgan fingerprint density at radius 1 is 1.22 bits per heavy atom. The molecule has 0 aromatic carbocycles. The largest absolute Gasteiger partial charge is 0.377 e. The second-order valence-electron chi connectivity index (χ2n) is 8.51. The van der Waals surface area contributed by atoms with Gasteiger partial charge in [-0.2, -0.15) is 0 Å². The van der Waals surface area contributed by atoms with E-state index in [1.165, 1.54) is 25.7 Å². The smallest absolute Gasteiger partial charge is 0.224 e. The molecule has 4 heteroatoms. The molecule has 23 heavy (non-hydrogen) atoms. The molecule has 0 unspecified atom stereocenters. The van der Waals surface area contributed by atoms with E-state index in [4.69, 9.17) is 4.74 Å². The molecule has 2 saturated heterocycles. The Morgan fingerprint density at radius 3 is 2.48 bits per heavy atom. The lowest BCUT2D eigenvalue weighted by atomic mass is 9.81. The maximum Gasteiger partial charge on any atom is 0.224 e. The number of hydrogen-bond donors (Lipinski definition) is 1. The highest BCUT2D eigenvalue weighted by atomic mass is 16.5. The quantitative estimate of drug-likeness (QED) is 0.844. The summed E-state index contributed by atoms with van der Waals surface area (Å²) >= 11 is 0. The first-order chi connectivity index (χ1) is 10.9. The summed E-state index contributed by atoms with van der Waals surface area (Å²) in [7, 11) is 0. The first-order valence-corrected chi connectivity index (χ1v) is 9.50. The summed E-state index contributed by atoms with van der Waals surface area (Å²) in [5, 5.41) is 3.58. The van der Waals surface area contributed by atoms with Gasteiger partial charge in [0.2, 0.25) is 5.91 Å². The van der Waals surface area contributed by atoms with E-state index in [9.17, 15) is 4.79 Å². The van der Waals surface area contributed by atoms with Crippen molar-refractivity contribution in [2.24, 2.45) is 11.3 Å². The summed E-state index contributed by atoms with van der Waals surface area (Å²) in [6, 6.07) is 0.243. The van der Waals surface area contributed by atoms with Crippen LogP contribution in [0.2, 0.25) is 0 Å². The summed E-state index contributed by atoms with van der Waals surface area (Å²) in [4.78, 5) is 14.5. The number of nitrogens with one attached hydrogen (secondary N) is 1. The third-order valence-electron chi connectivity index (χ3n) is 5.24. The van der Waals surface area contributed by atoms with E-state index in [-0.39, 0.29) is 11.5 Å². The van der Waals surface area contributed by atoms with Gasteiger partial charge in [-0.15, -0.1) is 0 Å². The summed E-state index contributed by atoms with van der Waals surface area (Å²) in [6.45, 7) is 12.6. The van der Waals surface area contributed by atoms with E-state index < -0.39 is 0 Å². The predicted octanol–water partition coefficient (Wildman–Crippen LogP) is 3.21. The van der Waals surface area contributed by atoms with Crippen LogP contribution in [-0.4, -0.2) is 49.2 Å². The van der Waals surface area contributed by atoms with Crippen LogP contribution in [0.1, 0.15) is 66.2 Å². The second kappa shape index (κ2) is 8.48. The van der Waals surface area contributed by atoms with E-state index >= 15 is 0 Å². The van der Waals surface area contributed by atoms with Gasteiger partial charge in [0.25, 0.3) is 0 Å². The molecule has 1 amide bonds. The van der Waals surface area contributed by atoms with E-state index in [0.29, 0.717) is 24.3 Å². The Hall–Kier alpha value is -0.610. The van der Waals surface area contributed by atoms with Gasteiger partial charge in [-0.05, 0) is 31.6 Å². The van der Waals surface area contributed by atoms with Gasteiger partial charge >= 0.3 is 0 Å². The van der Waals surface area contributed by atoms with Crippen molar-refractivity contribution >= 4 is 5.91 Å². The third-order valence-corrected chi connectivity index (χ3v) is 5.24. The molecule has 0 bridgehead atoms. The van der Waals surface area contributed by atoms with Crippen LogP contribution in [0.5, 0.6) is 0 Å². The second-order valence-corrected chi connectivity index (χ2v) is 8.51. The molecular formula is C19H36N2O2. The molecule has 0 aromatic rings. The molecule has 0 spiro atoms. The normalized spacial score (nSPS) is 27.7. The third kappa shape index (κ3) is 5.75. The predicted molar refractivity (Wildman–Crippen MR) is 94.4 cm³/mol. The summed E-state index contributed by atoms with van der Waals surface area (Å²) < 4.78 is 5.94. The van der Waals surface area contributed by atoms with Gasteiger partial charge in [0.15, 0.2) is 0 Å². The molecular weight excluding hydrogens is 288 g/mol. The van der Waals surface area contributed by atoms with E-state index in [1.54, 1.807) is 0 Å². The van der Waals surface area contributed by atoms with Crippen molar-refractivity contribution in [1.29, 1.82) is 0 Å². The van der Waals surface area contributed by atoms with Crippen molar-refractivity contribution in [2.75, 3.05) is 26.2 Å². The summed E-state index contributed by atoms with van der Waals surface area (Å²) in [6.07, 6.45) is 6.94. The standard InChI is InChI=1S/C19H36N2O2/c1-15(13-17(22)21-10-7-5-6-8-11-21)20-14-16-9-12-23-18(16)19(2,3)4/h15-16,18,20H,5-14H2,1-4H3/t15-,16+,18-/m0/s1. The van der Waals surface area contributed by atoms with Crippen LogP contribution in [0.25, 0.3) is 0 Å². The minimum Gasteiger partial charge on any atom is -0.377 e. The number of amides is 1. The molecule has 134 valence electrons. The molecule has 2 rings (SSSR count). The first-order valence-electron chi connectivity index (χ1n) is 9.50. The Balaban J connectivity index is 1.74. The lowest BCUT2D eigenvalue weighted by Gasteiger charge is -2.32. The van der Waals surface area contributed by atoms with Crippen molar-refractivity contribution in [1.82, 2.24) is 10.2 Å². The fourth-order valence-electron chi connectivity index (χ4n) is 3.94. The number of ether oxygens (including phenoxy) is 1. The molecule has 0 saturated carbocycles. The maximum atomic E-state index is 12.4. The van der Waals surface area contributed by atoms with Gasteiger partial charge in [0.1, 0.15) is 0 Å². The van der Waals surface area contributed by atoms with Gasteiger partial charge < -0.3 is 15.0 Å². The minimum atomic E-state index is 0.188. The maximum absolute atomic E-state index is 12.4. The van der Waals surface area contributed by atoms with Crippen LogP contribution in [0.3, 0.4) is 0 Å². The fourth-order valence-corrected chi connectivity index (χ4v) is 3.94.